The van der Waals surface area contributed by atoms with Crippen LogP contribution in [0.25, 0.3) is 0 Å². The van der Waals surface area contributed by atoms with E-state index < -0.39 is 7.82 Å². The van der Waals surface area contributed by atoms with Crippen molar-refractivity contribution in [2.75, 3.05) is 0 Å². The molecular weight excluding hydrogens is 256 g/mol. The monoisotopic (exact) mass is 275 g/mol. The molecule has 0 heterocycles. The molecule has 0 aromatic carbocycles. The molecule has 0 spiro atoms. The van der Waals surface area contributed by atoms with E-state index in [1.165, 1.54) is 61.8 Å². The first-order valence-corrected chi connectivity index (χ1v) is 8.65. The quantitative estimate of drug-likeness (QED) is 0.395. The Morgan fingerprint density at radius 3 is 1.71 bits per heavy atom. The van der Waals surface area contributed by atoms with Gasteiger partial charge in [-0.2, -0.15) is 0 Å². The molecular formula is C8H20O4PZn. The summed E-state index contributed by atoms with van der Waals surface area (Å²) in [6, 6.07) is 0. The number of rotatable bonds is 6. The van der Waals surface area contributed by atoms with E-state index in [4.69, 9.17) is 19.2 Å². The molecule has 14 heavy (non-hydrogen) atoms. The van der Waals surface area contributed by atoms with Gasteiger partial charge in [0.1, 0.15) is 0 Å². The molecule has 0 amide bonds. The van der Waals surface area contributed by atoms with Crippen LogP contribution in [0.3, 0.4) is 0 Å². The van der Waals surface area contributed by atoms with Gasteiger partial charge in [0, 0.05) is 0 Å². The normalized spacial score (nSPS) is 10.7. The largest absolute Gasteiger partial charge is 0.466 e. The number of phosphoric acid groups is 1. The molecule has 6 heteroatoms. The van der Waals surface area contributed by atoms with Gasteiger partial charge >= 0.3 is 76.6 Å². The average Bonchev–Trinajstić information content (AvgIpc) is 2.01. The Labute approximate surface area is 96.0 Å². The van der Waals surface area contributed by atoms with E-state index in [1.807, 2.05) is 0 Å². The SMILES string of the molecule is CCCCCCC[CH2][Zn].O=P(O)(O)O. The Balaban J connectivity index is 0. The fourth-order valence-electron chi connectivity index (χ4n) is 0.957. The molecule has 0 aliphatic carbocycles. The minimum absolute atomic E-state index is 1.38. The van der Waals surface area contributed by atoms with Gasteiger partial charge in [0.15, 0.2) is 0 Å². The summed E-state index contributed by atoms with van der Waals surface area (Å²) < 4.78 is 8.88. The van der Waals surface area contributed by atoms with E-state index >= 15 is 0 Å². The second-order valence-electron chi connectivity index (χ2n) is 3.13. The molecule has 0 atom stereocenters. The third-order valence-corrected chi connectivity index (χ3v) is 2.65. The standard InChI is InChI=1S/C8H17.H3O4P.Zn/c1-3-5-7-8-6-4-2;1-5(2,3)4;/h1,3-8H2,2H3;(H3,1,2,3,4);. The summed E-state index contributed by atoms with van der Waals surface area (Å²) in [7, 11) is -4.64. The van der Waals surface area contributed by atoms with Crippen LogP contribution in [0.1, 0.15) is 45.4 Å². The van der Waals surface area contributed by atoms with Gasteiger partial charge in [-0.05, 0) is 0 Å². The van der Waals surface area contributed by atoms with Crippen LogP contribution < -0.4 is 0 Å². The van der Waals surface area contributed by atoms with Crippen molar-refractivity contribution in [2.45, 2.75) is 50.5 Å². The molecule has 0 aromatic heterocycles. The second-order valence-corrected chi connectivity index (χ2v) is 5.64. The van der Waals surface area contributed by atoms with Gasteiger partial charge in [-0.3, -0.25) is 0 Å². The molecule has 0 bridgehead atoms. The zero-order valence-electron chi connectivity index (χ0n) is 8.85. The van der Waals surface area contributed by atoms with Crippen molar-refractivity contribution < 1.29 is 37.5 Å². The van der Waals surface area contributed by atoms with Gasteiger partial charge in [0.2, 0.25) is 0 Å². The molecule has 4 nitrogen and oxygen atoms in total. The number of hydrogen-bond donors (Lipinski definition) is 3. The summed E-state index contributed by atoms with van der Waals surface area (Å²) >= 11 is 1.49. The molecule has 0 fully saturated rings. The van der Waals surface area contributed by atoms with Gasteiger partial charge in [0.05, 0.1) is 0 Å². The van der Waals surface area contributed by atoms with Crippen molar-refractivity contribution >= 4 is 7.82 Å². The van der Waals surface area contributed by atoms with Gasteiger partial charge in [-0.1, -0.05) is 0 Å². The Morgan fingerprint density at radius 1 is 1.00 bits per heavy atom. The molecule has 0 saturated carbocycles. The Kier molecular flexibility index (Phi) is 14.5. The molecule has 83 valence electrons. The van der Waals surface area contributed by atoms with Crippen molar-refractivity contribution in [3.05, 3.63) is 0 Å². The summed E-state index contributed by atoms with van der Waals surface area (Å²) in [4.78, 5) is 21.6. The zero-order chi connectivity index (χ0) is 11.4. The summed E-state index contributed by atoms with van der Waals surface area (Å²) in [6.07, 6.45) is 8.74. The maximum Gasteiger partial charge on any atom is 0.466 e. The third-order valence-electron chi connectivity index (χ3n) is 1.60. The van der Waals surface area contributed by atoms with Crippen molar-refractivity contribution in [1.29, 1.82) is 0 Å². The third kappa shape index (κ3) is 38.7. The van der Waals surface area contributed by atoms with E-state index in [2.05, 4.69) is 6.92 Å². The van der Waals surface area contributed by atoms with Crippen LogP contribution in [0.2, 0.25) is 5.02 Å². The first-order chi connectivity index (χ1) is 6.41. The molecule has 0 saturated heterocycles. The van der Waals surface area contributed by atoms with Crippen molar-refractivity contribution in [1.82, 2.24) is 0 Å². The van der Waals surface area contributed by atoms with Crippen LogP contribution in [0.5, 0.6) is 0 Å². The minimum Gasteiger partial charge on any atom is -0.303 e. The molecule has 0 radical (unpaired) electrons. The fourth-order valence-corrected chi connectivity index (χ4v) is 1.70. The smallest absolute Gasteiger partial charge is 0.303 e. The van der Waals surface area contributed by atoms with E-state index in [0.29, 0.717) is 0 Å². The van der Waals surface area contributed by atoms with E-state index in [0.717, 1.165) is 0 Å². The van der Waals surface area contributed by atoms with Gasteiger partial charge in [-0.25, -0.2) is 4.57 Å². The maximum absolute atomic E-state index is 8.88. The summed E-state index contributed by atoms with van der Waals surface area (Å²) in [5.74, 6) is 0. The average molecular weight is 277 g/mol. The number of unbranched alkanes of at least 4 members (excludes halogenated alkanes) is 5. The number of hydrogen-bond acceptors (Lipinski definition) is 1. The van der Waals surface area contributed by atoms with Crippen LogP contribution in [0.15, 0.2) is 0 Å². The van der Waals surface area contributed by atoms with Crippen molar-refractivity contribution in [2.24, 2.45) is 0 Å². The fraction of sp³-hybridized carbons (Fsp3) is 1.00. The molecule has 0 aromatic rings. The van der Waals surface area contributed by atoms with Crippen LogP contribution in [0.4, 0.5) is 0 Å². The van der Waals surface area contributed by atoms with E-state index in [-0.39, 0.29) is 0 Å². The Hall–Kier alpha value is 0.733. The van der Waals surface area contributed by atoms with Gasteiger partial charge in [0.25, 0.3) is 0 Å². The maximum atomic E-state index is 8.88. The van der Waals surface area contributed by atoms with Gasteiger partial charge < -0.3 is 14.7 Å². The predicted molar refractivity (Wildman–Crippen MR) is 52.4 cm³/mol. The summed E-state index contributed by atoms with van der Waals surface area (Å²) in [6.45, 7) is 2.27. The molecule has 3 N–H and O–H groups in total. The van der Waals surface area contributed by atoms with Crippen molar-refractivity contribution in [3.63, 3.8) is 0 Å². The first-order valence-electron chi connectivity index (χ1n) is 4.99. The molecule has 0 rings (SSSR count). The zero-order valence-corrected chi connectivity index (χ0v) is 12.7. The molecule has 0 aliphatic heterocycles. The molecule has 0 unspecified atom stereocenters. The van der Waals surface area contributed by atoms with Crippen LogP contribution in [-0.4, -0.2) is 14.7 Å². The Morgan fingerprint density at radius 2 is 1.36 bits per heavy atom. The summed E-state index contributed by atoms with van der Waals surface area (Å²) in [5.41, 5.74) is 0. The minimum atomic E-state index is -4.64. The van der Waals surface area contributed by atoms with E-state index in [9.17, 15) is 0 Å². The van der Waals surface area contributed by atoms with Crippen LogP contribution in [-0.2, 0) is 22.9 Å². The Bertz CT molecular complexity index is 134. The molecule has 0 aliphatic rings. The van der Waals surface area contributed by atoms with Gasteiger partial charge in [-0.15, -0.1) is 0 Å². The first kappa shape index (κ1) is 17.1. The second kappa shape index (κ2) is 11.8. The van der Waals surface area contributed by atoms with Crippen LogP contribution in [0, 0.1) is 0 Å². The topological polar surface area (TPSA) is 77.8 Å². The van der Waals surface area contributed by atoms with Crippen molar-refractivity contribution in [3.8, 4) is 0 Å². The van der Waals surface area contributed by atoms with Crippen LogP contribution >= 0.6 is 7.82 Å². The summed E-state index contributed by atoms with van der Waals surface area (Å²) in [5, 5.41) is 1.49. The predicted octanol–water partition coefficient (Wildman–Crippen LogP) is 2.38. The van der Waals surface area contributed by atoms with E-state index in [1.54, 1.807) is 0 Å².